The number of ether oxygens (including phenoxy) is 3. The van der Waals surface area contributed by atoms with Crippen LogP contribution in [0.3, 0.4) is 0 Å². The molecule has 1 unspecified atom stereocenters. The van der Waals surface area contributed by atoms with Gasteiger partial charge in [-0.2, -0.15) is 0 Å². The van der Waals surface area contributed by atoms with Gasteiger partial charge in [0.2, 0.25) is 11.7 Å². The molecule has 0 aliphatic heterocycles. The van der Waals surface area contributed by atoms with E-state index in [1.807, 2.05) is 20.8 Å². The molecule has 2 rings (SSSR count). The maximum absolute atomic E-state index is 12.9. The van der Waals surface area contributed by atoms with Crippen LogP contribution in [0.4, 0.5) is 5.69 Å². The van der Waals surface area contributed by atoms with Gasteiger partial charge in [0.1, 0.15) is 6.04 Å². The molecule has 0 heterocycles. The van der Waals surface area contributed by atoms with Crippen molar-refractivity contribution in [1.29, 1.82) is 0 Å². The Bertz CT molecular complexity index is 905. The number of nitrogens with one attached hydrogen (secondary N) is 2. The summed E-state index contributed by atoms with van der Waals surface area (Å²) < 4.78 is 15.9. The van der Waals surface area contributed by atoms with E-state index in [-0.39, 0.29) is 17.4 Å². The number of hydrogen-bond acceptors (Lipinski definition) is 5. The third-order valence-corrected chi connectivity index (χ3v) is 4.84. The fourth-order valence-corrected chi connectivity index (χ4v) is 3.18. The van der Waals surface area contributed by atoms with E-state index in [1.54, 1.807) is 18.2 Å². The minimum atomic E-state index is -0.758. The quantitative estimate of drug-likeness (QED) is 0.654. The summed E-state index contributed by atoms with van der Waals surface area (Å²) in [5, 5.41) is 6.24. The molecule has 0 saturated carbocycles. The molecule has 0 aromatic heterocycles. The van der Waals surface area contributed by atoms with Crippen molar-refractivity contribution in [2.75, 3.05) is 26.6 Å². The number of benzene rings is 2. The number of rotatable bonds is 8. The van der Waals surface area contributed by atoms with E-state index in [2.05, 4.69) is 10.6 Å². The van der Waals surface area contributed by atoms with Crippen LogP contribution in [-0.4, -0.2) is 39.2 Å². The molecule has 2 aromatic rings. The van der Waals surface area contributed by atoms with Gasteiger partial charge in [0.05, 0.1) is 21.3 Å². The lowest BCUT2D eigenvalue weighted by molar-refractivity contribution is -0.118. The van der Waals surface area contributed by atoms with E-state index in [0.717, 1.165) is 5.56 Å². The zero-order valence-corrected chi connectivity index (χ0v) is 18.7. The van der Waals surface area contributed by atoms with E-state index in [4.69, 9.17) is 25.8 Å². The molecule has 2 aromatic carbocycles. The van der Waals surface area contributed by atoms with Crippen molar-refractivity contribution in [3.8, 4) is 17.2 Å². The number of carbonyl (C=O) groups excluding carboxylic acids is 2. The van der Waals surface area contributed by atoms with Crippen LogP contribution in [0.15, 0.2) is 30.3 Å². The van der Waals surface area contributed by atoms with Crippen LogP contribution in [-0.2, 0) is 4.79 Å². The smallest absolute Gasteiger partial charge is 0.252 e. The van der Waals surface area contributed by atoms with Crippen molar-refractivity contribution in [1.82, 2.24) is 5.32 Å². The summed E-state index contributed by atoms with van der Waals surface area (Å²) in [6, 6.07) is 7.50. The first-order valence-corrected chi connectivity index (χ1v) is 9.77. The maximum atomic E-state index is 12.9. The largest absolute Gasteiger partial charge is 0.493 e. The maximum Gasteiger partial charge on any atom is 0.252 e. The number of aryl methyl sites for hydroxylation is 1. The normalized spacial score (nSPS) is 11.6. The van der Waals surface area contributed by atoms with E-state index < -0.39 is 11.9 Å². The summed E-state index contributed by atoms with van der Waals surface area (Å²) in [5.41, 5.74) is 1.75. The Labute approximate surface area is 181 Å². The Hall–Kier alpha value is -2.93. The van der Waals surface area contributed by atoms with Crippen molar-refractivity contribution >= 4 is 29.1 Å². The second-order valence-electron chi connectivity index (χ2n) is 7.06. The fraction of sp³-hybridized carbons (Fsp3) is 0.364. The number of halogens is 1. The van der Waals surface area contributed by atoms with Crippen LogP contribution >= 0.6 is 11.6 Å². The van der Waals surface area contributed by atoms with Gasteiger partial charge in [-0.15, -0.1) is 0 Å². The number of amides is 2. The highest BCUT2D eigenvalue weighted by Gasteiger charge is 2.26. The summed E-state index contributed by atoms with van der Waals surface area (Å²) >= 11 is 5.98. The Kier molecular flexibility index (Phi) is 7.94. The van der Waals surface area contributed by atoms with Crippen LogP contribution in [0, 0.1) is 12.8 Å². The van der Waals surface area contributed by atoms with Gasteiger partial charge in [-0.1, -0.05) is 25.4 Å². The van der Waals surface area contributed by atoms with E-state index >= 15 is 0 Å². The predicted molar refractivity (Wildman–Crippen MR) is 117 cm³/mol. The van der Waals surface area contributed by atoms with E-state index in [0.29, 0.717) is 28.0 Å². The van der Waals surface area contributed by atoms with Crippen LogP contribution in [0.25, 0.3) is 0 Å². The molecule has 2 N–H and O–H groups in total. The molecule has 0 bridgehead atoms. The minimum Gasteiger partial charge on any atom is -0.493 e. The molecule has 2 amide bonds. The molecule has 30 heavy (non-hydrogen) atoms. The highest BCUT2D eigenvalue weighted by Crippen LogP contribution is 2.38. The summed E-state index contributed by atoms with van der Waals surface area (Å²) in [6.07, 6.45) is 0. The zero-order chi connectivity index (χ0) is 22.4. The third-order valence-electron chi connectivity index (χ3n) is 4.61. The average Bonchev–Trinajstić information content (AvgIpc) is 2.72. The summed E-state index contributed by atoms with van der Waals surface area (Å²) in [4.78, 5) is 25.8. The number of hydrogen-bond donors (Lipinski definition) is 2. The first-order valence-electron chi connectivity index (χ1n) is 9.39. The highest BCUT2D eigenvalue weighted by molar-refractivity contribution is 6.30. The lowest BCUT2D eigenvalue weighted by Gasteiger charge is -2.23. The van der Waals surface area contributed by atoms with Gasteiger partial charge >= 0.3 is 0 Å². The van der Waals surface area contributed by atoms with E-state index in [1.165, 1.54) is 33.5 Å². The molecule has 1 atom stereocenters. The van der Waals surface area contributed by atoms with Crippen molar-refractivity contribution in [2.24, 2.45) is 5.92 Å². The van der Waals surface area contributed by atoms with Crippen LogP contribution in [0.2, 0.25) is 5.02 Å². The van der Waals surface area contributed by atoms with Crippen molar-refractivity contribution in [3.63, 3.8) is 0 Å². The Morgan fingerprint density at radius 2 is 1.57 bits per heavy atom. The van der Waals surface area contributed by atoms with Gasteiger partial charge in [-0.25, -0.2) is 0 Å². The van der Waals surface area contributed by atoms with Gasteiger partial charge in [-0.05, 0) is 48.7 Å². The molecule has 0 saturated heterocycles. The van der Waals surface area contributed by atoms with Gasteiger partial charge in [-0.3, -0.25) is 9.59 Å². The fourth-order valence-electron chi connectivity index (χ4n) is 2.95. The second kappa shape index (κ2) is 10.2. The SMILES string of the molecule is COc1cc(C(=O)NC(C(=O)Nc2ccc(Cl)cc2C)C(C)C)cc(OC)c1OC. The Morgan fingerprint density at radius 1 is 0.967 bits per heavy atom. The Morgan fingerprint density at radius 3 is 2.03 bits per heavy atom. The number of carbonyl (C=O) groups is 2. The summed E-state index contributed by atoms with van der Waals surface area (Å²) in [5.74, 6) is 0.178. The standard InChI is InChI=1S/C22H27ClN2O5/c1-12(2)19(22(27)24-16-8-7-15(23)9-13(16)3)25-21(26)14-10-17(28-4)20(30-6)18(11-14)29-5/h7-12,19H,1-6H3,(H,24,27)(H,25,26). The molecule has 0 aliphatic carbocycles. The zero-order valence-electron chi connectivity index (χ0n) is 18.0. The molecule has 7 nitrogen and oxygen atoms in total. The first-order chi connectivity index (χ1) is 14.2. The molecule has 162 valence electrons. The molecule has 0 radical (unpaired) electrons. The lowest BCUT2D eigenvalue weighted by Crippen LogP contribution is -2.47. The third kappa shape index (κ3) is 5.36. The van der Waals surface area contributed by atoms with Gasteiger partial charge in [0.15, 0.2) is 11.5 Å². The van der Waals surface area contributed by atoms with Crippen LogP contribution in [0.1, 0.15) is 29.8 Å². The predicted octanol–water partition coefficient (Wildman–Crippen LogP) is 4.07. The van der Waals surface area contributed by atoms with Gasteiger partial charge < -0.3 is 24.8 Å². The molecule has 0 spiro atoms. The van der Waals surface area contributed by atoms with Crippen molar-refractivity contribution in [3.05, 3.63) is 46.5 Å². The minimum absolute atomic E-state index is 0.149. The summed E-state index contributed by atoms with van der Waals surface area (Å²) in [7, 11) is 4.42. The molecular weight excluding hydrogens is 408 g/mol. The lowest BCUT2D eigenvalue weighted by atomic mass is 10.0. The van der Waals surface area contributed by atoms with E-state index in [9.17, 15) is 9.59 Å². The van der Waals surface area contributed by atoms with Gasteiger partial charge in [0, 0.05) is 16.3 Å². The monoisotopic (exact) mass is 434 g/mol. The number of methoxy groups -OCH3 is 3. The molecule has 0 fully saturated rings. The molecular formula is C22H27ClN2O5. The van der Waals surface area contributed by atoms with Crippen LogP contribution < -0.4 is 24.8 Å². The van der Waals surface area contributed by atoms with Crippen molar-refractivity contribution in [2.45, 2.75) is 26.8 Å². The highest BCUT2D eigenvalue weighted by atomic mass is 35.5. The van der Waals surface area contributed by atoms with Crippen LogP contribution in [0.5, 0.6) is 17.2 Å². The van der Waals surface area contributed by atoms with Gasteiger partial charge in [0.25, 0.3) is 5.91 Å². The molecule has 8 heteroatoms. The topological polar surface area (TPSA) is 85.9 Å². The first kappa shape index (κ1) is 23.3. The Balaban J connectivity index is 2.26. The average molecular weight is 435 g/mol. The summed E-state index contributed by atoms with van der Waals surface area (Å²) in [6.45, 7) is 5.56. The second-order valence-corrected chi connectivity index (χ2v) is 7.49. The number of anilines is 1. The van der Waals surface area contributed by atoms with Crippen molar-refractivity contribution < 1.29 is 23.8 Å². The molecule has 0 aliphatic rings.